The molecule has 1 atom stereocenters. The summed E-state index contributed by atoms with van der Waals surface area (Å²) in [5, 5.41) is 4.69. The zero-order valence-electron chi connectivity index (χ0n) is 14.6. The Morgan fingerprint density at radius 1 is 1.15 bits per heavy atom. The Morgan fingerprint density at radius 3 is 2.52 bits per heavy atom. The molecule has 0 saturated heterocycles. The van der Waals surface area contributed by atoms with Crippen molar-refractivity contribution in [3.63, 3.8) is 0 Å². The summed E-state index contributed by atoms with van der Waals surface area (Å²) in [7, 11) is 1.55. The zero-order chi connectivity index (χ0) is 19.4. The summed E-state index contributed by atoms with van der Waals surface area (Å²) in [4.78, 5) is 30.4. The number of hydrogen-bond donors (Lipinski definition) is 2. The van der Waals surface area contributed by atoms with Crippen LogP contribution in [0.25, 0.3) is 0 Å². The first-order valence-electron chi connectivity index (χ1n) is 8.33. The normalized spacial score (nSPS) is 16.3. The van der Waals surface area contributed by atoms with Crippen molar-refractivity contribution in [2.45, 2.75) is 6.17 Å². The average molecular weight is 372 g/mol. The van der Waals surface area contributed by atoms with E-state index in [9.17, 15) is 18.4 Å². The van der Waals surface area contributed by atoms with Crippen molar-refractivity contribution in [3.8, 4) is 0 Å². The van der Waals surface area contributed by atoms with E-state index in [0.717, 1.165) is 0 Å². The molecule has 2 aromatic carbocycles. The fourth-order valence-electron chi connectivity index (χ4n) is 2.82. The minimum atomic E-state index is -1.28. The maximum atomic E-state index is 14.4. The molecule has 0 aromatic heterocycles. The number of carbonyl (C=O) groups is 2. The second-order valence-corrected chi connectivity index (χ2v) is 5.86. The van der Waals surface area contributed by atoms with E-state index in [-0.39, 0.29) is 17.8 Å². The monoisotopic (exact) mass is 372 g/mol. The molecule has 0 spiro atoms. The molecule has 0 fully saturated rings. The SMILES string of the molecule is CN1C(=O)C(NC(=O)NCCF)N=C(c2ccccc2F)c2ccccc21. The van der Waals surface area contributed by atoms with Crippen LogP contribution in [0.15, 0.2) is 53.5 Å². The van der Waals surface area contributed by atoms with Gasteiger partial charge in [-0.25, -0.2) is 18.6 Å². The molecular formula is C19H18F2N4O2. The fraction of sp³-hybridized carbons (Fsp3) is 0.211. The van der Waals surface area contributed by atoms with Gasteiger partial charge in [-0.2, -0.15) is 0 Å². The summed E-state index contributed by atoms with van der Waals surface area (Å²) in [5.41, 5.74) is 1.56. The largest absolute Gasteiger partial charge is 0.335 e. The third-order valence-electron chi connectivity index (χ3n) is 4.12. The number of anilines is 1. The summed E-state index contributed by atoms with van der Waals surface area (Å²) in [6.45, 7) is -0.923. The van der Waals surface area contributed by atoms with Crippen LogP contribution >= 0.6 is 0 Å². The minimum absolute atomic E-state index is 0.188. The maximum Gasteiger partial charge on any atom is 0.316 e. The standard InChI is InChI=1S/C19H18F2N4O2/c1-25-15-9-5-3-7-13(15)16(12-6-2-4-8-14(12)21)23-17(18(25)26)24-19(27)22-11-10-20/h2-9,17H,10-11H2,1H3,(H2,22,24,27). The highest BCUT2D eigenvalue weighted by molar-refractivity contribution is 6.20. The Bertz CT molecular complexity index is 901. The Kier molecular flexibility index (Phi) is 5.44. The van der Waals surface area contributed by atoms with Crippen LogP contribution in [0.1, 0.15) is 11.1 Å². The lowest BCUT2D eigenvalue weighted by atomic mass is 10.00. The number of likely N-dealkylation sites (N-methyl/N-ethyl adjacent to an activating group) is 1. The molecule has 3 amide bonds. The molecule has 2 N–H and O–H groups in total. The first-order valence-corrected chi connectivity index (χ1v) is 8.33. The summed E-state index contributed by atoms with van der Waals surface area (Å²) in [5.74, 6) is -0.993. The molecule has 8 heteroatoms. The molecule has 2 aromatic rings. The predicted octanol–water partition coefficient (Wildman–Crippen LogP) is 2.23. The second-order valence-electron chi connectivity index (χ2n) is 5.86. The second kappa shape index (κ2) is 7.94. The van der Waals surface area contributed by atoms with Gasteiger partial charge in [0.1, 0.15) is 12.5 Å². The smallest absolute Gasteiger partial charge is 0.316 e. The van der Waals surface area contributed by atoms with E-state index in [2.05, 4.69) is 15.6 Å². The molecule has 27 heavy (non-hydrogen) atoms. The number of rotatable bonds is 4. The minimum Gasteiger partial charge on any atom is -0.335 e. The van der Waals surface area contributed by atoms with Gasteiger partial charge in [0, 0.05) is 24.7 Å². The average Bonchev–Trinajstić information content (AvgIpc) is 2.78. The third kappa shape index (κ3) is 3.79. The van der Waals surface area contributed by atoms with Crippen molar-refractivity contribution in [1.29, 1.82) is 0 Å². The highest BCUT2D eigenvalue weighted by Crippen LogP contribution is 2.27. The van der Waals surface area contributed by atoms with Gasteiger partial charge in [-0.3, -0.25) is 4.79 Å². The highest BCUT2D eigenvalue weighted by Gasteiger charge is 2.31. The van der Waals surface area contributed by atoms with E-state index in [4.69, 9.17) is 0 Å². The van der Waals surface area contributed by atoms with Gasteiger partial charge in [0.15, 0.2) is 0 Å². The van der Waals surface area contributed by atoms with Crippen molar-refractivity contribution in [1.82, 2.24) is 10.6 Å². The number of benzene rings is 2. The Balaban J connectivity index is 2.09. The molecule has 1 heterocycles. The van der Waals surface area contributed by atoms with Crippen LogP contribution < -0.4 is 15.5 Å². The zero-order valence-corrected chi connectivity index (χ0v) is 14.6. The van der Waals surface area contributed by atoms with Gasteiger partial charge in [-0.15, -0.1) is 0 Å². The number of nitrogens with one attached hydrogen (secondary N) is 2. The first kappa shape index (κ1) is 18.5. The highest BCUT2D eigenvalue weighted by atomic mass is 19.1. The summed E-state index contributed by atoms with van der Waals surface area (Å²) < 4.78 is 26.7. The molecule has 1 aliphatic heterocycles. The number of carbonyl (C=O) groups excluding carboxylic acids is 2. The number of halogens is 2. The number of amides is 3. The van der Waals surface area contributed by atoms with Crippen molar-refractivity contribution in [3.05, 3.63) is 65.5 Å². The Morgan fingerprint density at radius 2 is 1.81 bits per heavy atom. The molecule has 1 aliphatic rings. The van der Waals surface area contributed by atoms with Gasteiger partial charge >= 0.3 is 6.03 Å². The quantitative estimate of drug-likeness (QED) is 0.864. The Hall–Kier alpha value is -3.29. The topological polar surface area (TPSA) is 73.8 Å². The van der Waals surface area contributed by atoms with Crippen LogP contribution in [0.4, 0.5) is 19.3 Å². The van der Waals surface area contributed by atoms with E-state index in [1.807, 2.05) is 0 Å². The van der Waals surface area contributed by atoms with Gasteiger partial charge in [0.25, 0.3) is 5.91 Å². The lowest BCUT2D eigenvalue weighted by molar-refractivity contribution is -0.119. The van der Waals surface area contributed by atoms with Crippen LogP contribution in [-0.2, 0) is 4.79 Å². The summed E-state index contributed by atoms with van der Waals surface area (Å²) in [6, 6.07) is 12.3. The number of fused-ring (bicyclic) bond motifs is 1. The number of nitrogens with zero attached hydrogens (tertiary/aromatic N) is 2. The van der Waals surface area contributed by atoms with Crippen LogP contribution in [0.2, 0.25) is 0 Å². The number of para-hydroxylation sites is 1. The van der Waals surface area contributed by atoms with Gasteiger partial charge < -0.3 is 15.5 Å². The number of alkyl halides is 1. The molecule has 0 saturated carbocycles. The lowest BCUT2D eigenvalue weighted by Gasteiger charge is -2.20. The Labute approximate surface area is 154 Å². The van der Waals surface area contributed by atoms with Gasteiger partial charge in [0.2, 0.25) is 6.17 Å². The number of benzodiazepines with no additional fused rings is 1. The van der Waals surface area contributed by atoms with Crippen LogP contribution in [-0.4, -0.2) is 44.1 Å². The van der Waals surface area contributed by atoms with Gasteiger partial charge in [0.05, 0.1) is 11.4 Å². The predicted molar refractivity (Wildman–Crippen MR) is 98.2 cm³/mol. The third-order valence-corrected chi connectivity index (χ3v) is 4.12. The molecule has 1 unspecified atom stereocenters. The summed E-state index contributed by atoms with van der Waals surface area (Å²) in [6.07, 6.45) is -1.28. The lowest BCUT2D eigenvalue weighted by Crippen LogP contribution is -2.49. The van der Waals surface area contributed by atoms with Crippen LogP contribution in [0.5, 0.6) is 0 Å². The molecular weight excluding hydrogens is 354 g/mol. The van der Waals surface area contributed by atoms with Gasteiger partial charge in [-0.05, 0) is 18.2 Å². The molecule has 0 bridgehead atoms. The molecule has 140 valence electrons. The number of urea groups is 1. The van der Waals surface area contributed by atoms with E-state index >= 15 is 0 Å². The molecule has 0 aliphatic carbocycles. The number of hydrogen-bond acceptors (Lipinski definition) is 3. The van der Waals surface area contributed by atoms with Crippen molar-refractivity contribution in [2.75, 3.05) is 25.2 Å². The van der Waals surface area contributed by atoms with Crippen molar-refractivity contribution in [2.24, 2.45) is 4.99 Å². The molecule has 0 radical (unpaired) electrons. The van der Waals surface area contributed by atoms with Crippen LogP contribution in [0.3, 0.4) is 0 Å². The van der Waals surface area contributed by atoms with Crippen molar-refractivity contribution >= 4 is 23.3 Å². The summed E-state index contributed by atoms with van der Waals surface area (Å²) >= 11 is 0. The van der Waals surface area contributed by atoms with E-state index in [1.165, 1.54) is 11.0 Å². The van der Waals surface area contributed by atoms with Gasteiger partial charge in [-0.1, -0.05) is 30.3 Å². The van der Waals surface area contributed by atoms with E-state index in [0.29, 0.717) is 11.3 Å². The maximum absolute atomic E-state index is 14.4. The van der Waals surface area contributed by atoms with E-state index in [1.54, 1.807) is 49.5 Å². The number of aliphatic imine (C=N–C) groups is 1. The fourth-order valence-corrected chi connectivity index (χ4v) is 2.82. The molecule has 3 rings (SSSR count). The van der Waals surface area contributed by atoms with Crippen LogP contribution in [0, 0.1) is 5.82 Å². The van der Waals surface area contributed by atoms with Crippen molar-refractivity contribution < 1.29 is 18.4 Å². The molecule has 6 nitrogen and oxygen atoms in total. The van der Waals surface area contributed by atoms with E-state index < -0.39 is 30.6 Å². The first-order chi connectivity index (χ1) is 13.0.